The van der Waals surface area contributed by atoms with Crippen molar-refractivity contribution in [1.82, 2.24) is 9.36 Å². The molecule has 0 aliphatic rings. The summed E-state index contributed by atoms with van der Waals surface area (Å²) in [6, 6.07) is 14.7. The summed E-state index contributed by atoms with van der Waals surface area (Å²) in [6.07, 6.45) is -2.72. The number of nitrogens with zero attached hydrogens (tertiary/aromatic N) is 2. The molecule has 1 N–H and O–H groups in total. The van der Waals surface area contributed by atoms with Crippen LogP contribution in [-0.4, -0.2) is 22.4 Å². The van der Waals surface area contributed by atoms with Crippen LogP contribution >= 0.6 is 0 Å². The number of carbonyl (C=O) groups is 1. The van der Waals surface area contributed by atoms with E-state index in [0.717, 1.165) is 28.9 Å². The molecule has 3 aromatic carbocycles. The number of amides is 1. The number of anilines is 1. The number of nitrogens with one attached hydrogen (secondary N) is 1. The van der Waals surface area contributed by atoms with Crippen molar-refractivity contribution < 1.29 is 27.1 Å². The van der Waals surface area contributed by atoms with E-state index in [1.165, 1.54) is 31.0 Å². The van der Waals surface area contributed by atoms with Crippen LogP contribution < -0.4 is 15.6 Å². The molecule has 0 radical (unpaired) electrons. The Morgan fingerprint density at radius 3 is 2.11 bits per heavy atom. The Bertz CT molecular complexity index is 1420. The second-order valence-electron chi connectivity index (χ2n) is 7.54. The van der Waals surface area contributed by atoms with Gasteiger partial charge in [-0.25, -0.2) is 22.2 Å². The fraction of sp³-hybridized carbons (Fsp3) is 0.120. The van der Waals surface area contributed by atoms with Crippen molar-refractivity contribution >= 4 is 11.6 Å². The monoisotopic (exact) mass is 485 g/mol. The minimum absolute atomic E-state index is 0.0226. The molecule has 0 atom stereocenters. The van der Waals surface area contributed by atoms with Crippen LogP contribution in [0, 0.1) is 11.6 Å². The Morgan fingerprint density at radius 2 is 1.57 bits per heavy atom. The van der Waals surface area contributed by atoms with Gasteiger partial charge in [0.05, 0.1) is 18.4 Å². The molecule has 0 bridgehead atoms. The van der Waals surface area contributed by atoms with Crippen molar-refractivity contribution in [1.29, 1.82) is 0 Å². The molecule has 0 saturated heterocycles. The molecule has 1 aromatic heterocycles. The summed E-state index contributed by atoms with van der Waals surface area (Å²) in [6.45, 7) is 0. The Kier molecular flexibility index (Phi) is 6.46. The van der Waals surface area contributed by atoms with Crippen molar-refractivity contribution in [2.75, 3.05) is 12.4 Å². The number of ether oxygens (including phenoxy) is 1. The summed E-state index contributed by atoms with van der Waals surface area (Å²) in [5.41, 5.74) is -1.83. The first-order valence-electron chi connectivity index (χ1n) is 10.3. The van der Waals surface area contributed by atoms with Crippen LogP contribution in [0.25, 0.3) is 16.9 Å². The average molecular weight is 485 g/mol. The summed E-state index contributed by atoms with van der Waals surface area (Å²) in [4.78, 5) is 26.3. The van der Waals surface area contributed by atoms with Gasteiger partial charge in [0.2, 0.25) is 0 Å². The third kappa shape index (κ3) is 4.42. The van der Waals surface area contributed by atoms with E-state index in [4.69, 9.17) is 4.74 Å². The SMILES string of the molecule is COc1cc(F)c(-c2c(NC(=O)c3ccc(C(F)F)cc3)c(=O)n(-c3ccccc3)n2C)c(F)c1. The van der Waals surface area contributed by atoms with E-state index < -0.39 is 35.1 Å². The highest BCUT2D eigenvalue weighted by Crippen LogP contribution is 2.34. The van der Waals surface area contributed by atoms with Gasteiger partial charge in [-0.1, -0.05) is 30.3 Å². The van der Waals surface area contributed by atoms with Gasteiger partial charge in [-0.15, -0.1) is 0 Å². The lowest BCUT2D eigenvalue weighted by atomic mass is 10.1. The van der Waals surface area contributed by atoms with E-state index in [-0.39, 0.29) is 28.3 Å². The van der Waals surface area contributed by atoms with Crippen LogP contribution in [0.3, 0.4) is 0 Å². The lowest BCUT2D eigenvalue weighted by Crippen LogP contribution is -2.22. The van der Waals surface area contributed by atoms with Crippen LogP contribution in [0.5, 0.6) is 5.75 Å². The van der Waals surface area contributed by atoms with E-state index in [1.54, 1.807) is 30.3 Å². The molecule has 0 fully saturated rings. The van der Waals surface area contributed by atoms with E-state index in [0.29, 0.717) is 5.69 Å². The van der Waals surface area contributed by atoms with Crippen molar-refractivity contribution in [3.05, 3.63) is 99.8 Å². The summed E-state index contributed by atoms with van der Waals surface area (Å²) in [5, 5.41) is 2.41. The number of rotatable bonds is 6. The van der Waals surface area contributed by atoms with Gasteiger partial charge in [-0.3, -0.25) is 14.3 Å². The maximum atomic E-state index is 15.0. The van der Waals surface area contributed by atoms with Gasteiger partial charge in [0, 0.05) is 30.3 Å². The summed E-state index contributed by atoms with van der Waals surface area (Å²) < 4.78 is 63.0. The molecule has 35 heavy (non-hydrogen) atoms. The van der Waals surface area contributed by atoms with Crippen LogP contribution in [-0.2, 0) is 7.05 Å². The molecule has 1 amide bonds. The van der Waals surface area contributed by atoms with Crippen LogP contribution in [0.1, 0.15) is 22.3 Å². The molecule has 0 aliphatic carbocycles. The smallest absolute Gasteiger partial charge is 0.295 e. The zero-order valence-corrected chi connectivity index (χ0v) is 18.6. The molecule has 180 valence electrons. The van der Waals surface area contributed by atoms with Crippen molar-refractivity contribution in [2.45, 2.75) is 6.43 Å². The Labute approximate surface area is 197 Å². The van der Waals surface area contributed by atoms with Gasteiger partial charge in [0.15, 0.2) is 0 Å². The Morgan fingerprint density at radius 1 is 0.971 bits per heavy atom. The molecule has 4 rings (SSSR count). The van der Waals surface area contributed by atoms with Gasteiger partial charge in [0.1, 0.15) is 28.8 Å². The van der Waals surface area contributed by atoms with Gasteiger partial charge in [-0.05, 0) is 24.3 Å². The molecule has 10 heteroatoms. The predicted molar refractivity (Wildman–Crippen MR) is 122 cm³/mol. The standard InChI is InChI=1S/C25H19F4N3O3/c1-31-22(20-18(26)12-17(35-2)13-19(20)27)21(25(34)32(31)16-6-4-3-5-7-16)30-24(33)15-10-8-14(9-11-15)23(28)29/h3-13,23H,1-2H3,(H,30,33). The Hall–Kier alpha value is -4.34. The van der Waals surface area contributed by atoms with Crippen molar-refractivity contribution in [2.24, 2.45) is 7.05 Å². The molecule has 1 heterocycles. The lowest BCUT2D eigenvalue weighted by Gasteiger charge is -2.13. The number of alkyl halides is 2. The number of halogens is 4. The van der Waals surface area contributed by atoms with Gasteiger partial charge in [-0.2, -0.15) is 0 Å². The minimum Gasteiger partial charge on any atom is -0.497 e. The highest BCUT2D eigenvalue weighted by Gasteiger charge is 2.27. The molecule has 0 aliphatic heterocycles. The molecule has 0 saturated carbocycles. The second kappa shape index (κ2) is 9.49. The quantitative estimate of drug-likeness (QED) is 0.376. The van der Waals surface area contributed by atoms with Crippen molar-refractivity contribution in [3.63, 3.8) is 0 Å². The summed E-state index contributed by atoms with van der Waals surface area (Å²) in [7, 11) is 2.67. The van der Waals surface area contributed by atoms with Gasteiger partial charge < -0.3 is 10.1 Å². The average Bonchev–Trinajstić information content (AvgIpc) is 3.08. The fourth-order valence-corrected chi connectivity index (χ4v) is 3.72. The zero-order chi connectivity index (χ0) is 25.3. The van der Waals surface area contributed by atoms with E-state index in [1.807, 2.05) is 0 Å². The first kappa shape index (κ1) is 23.8. The number of para-hydroxylation sites is 1. The van der Waals surface area contributed by atoms with Crippen LogP contribution in [0.4, 0.5) is 23.2 Å². The number of aromatic nitrogens is 2. The topological polar surface area (TPSA) is 65.3 Å². The number of hydrogen-bond donors (Lipinski definition) is 1. The predicted octanol–water partition coefficient (Wildman–Crippen LogP) is 5.32. The molecular weight excluding hydrogens is 466 g/mol. The second-order valence-corrected chi connectivity index (χ2v) is 7.54. The fourth-order valence-electron chi connectivity index (χ4n) is 3.72. The highest BCUT2D eigenvalue weighted by atomic mass is 19.3. The molecule has 0 spiro atoms. The number of benzene rings is 3. The number of carbonyl (C=O) groups excluding carboxylic acids is 1. The third-order valence-electron chi connectivity index (χ3n) is 5.42. The normalized spacial score (nSPS) is 11.1. The van der Waals surface area contributed by atoms with Crippen molar-refractivity contribution in [3.8, 4) is 22.7 Å². The van der Waals surface area contributed by atoms with E-state index >= 15 is 8.78 Å². The summed E-state index contributed by atoms with van der Waals surface area (Å²) >= 11 is 0. The van der Waals surface area contributed by atoms with Crippen LogP contribution in [0.2, 0.25) is 0 Å². The molecule has 0 unspecified atom stereocenters. The highest BCUT2D eigenvalue weighted by molar-refractivity contribution is 6.06. The zero-order valence-electron chi connectivity index (χ0n) is 18.6. The number of methoxy groups -OCH3 is 1. The van der Waals surface area contributed by atoms with E-state index in [9.17, 15) is 18.4 Å². The largest absolute Gasteiger partial charge is 0.497 e. The summed E-state index contributed by atoms with van der Waals surface area (Å²) in [5.74, 6) is -2.91. The first-order chi connectivity index (χ1) is 16.7. The molecule has 4 aromatic rings. The molecule has 6 nitrogen and oxygen atoms in total. The lowest BCUT2D eigenvalue weighted by molar-refractivity contribution is 0.102. The van der Waals surface area contributed by atoms with Gasteiger partial charge >= 0.3 is 0 Å². The maximum Gasteiger partial charge on any atom is 0.295 e. The van der Waals surface area contributed by atoms with Gasteiger partial charge in [0.25, 0.3) is 17.9 Å². The molecular formula is C25H19F4N3O3. The first-order valence-corrected chi connectivity index (χ1v) is 10.3. The number of hydrogen-bond acceptors (Lipinski definition) is 3. The Balaban J connectivity index is 1.89. The third-order valence-corrected chi connectivity index (χ3v) is 5.42. The minimum atomic E-state index is -2.72. The van der Waals surface area contributed by atoms with Crippen LogP contribution in [0.15, 0.2) is 71.5 Å². The van der Waals surface area contributed by atoms with E-state index in [2.05, 4.69) is 5.32 Å². The maximum absolute atomic E-state index is 15.0.